The minimum atomic E-state index is 0.472. The molecule has 2 N–H and O–H groups in total. The van der Waals surface area contributed by atoms with Gasteiger partial charge in [0, 0.05) is 24.2 Å². The van der Waals surface area contributed by atoms with Crippen LogP contribution in [-0.4, -0.2) is 41.1 Å². The molecule has 2 heterocycles. The molecular formula is C13H26N2S. The summed E-state index contributed by atoms with van der Waals surface area (Å²) in [5.74, 6) is 1.29. The maximum atomic E-state index is 6.16. The lowest BCUT2D eigenvalue weighted by Gasteiger charge is -2.51. The Balaban J connectivity index is 1.97. The van der Waals surface area contributed by atoms with Gasteiger partial charge in [0.1, 0.15) is 0 Å². The SMILES string of the molecule is CSCCC(C)N1C2CCCC1CC(N)C2. The number of hydrogen-bond acceptors (Lipinski definition) is 3. The fourth-order valence-electron chi connectivity index (χ4n) is 3.62. The number of thioether (sulfide) groups is 1. The number of piperidine rings is 2. The molecule has 0 aromatic rings. The van der Waals surface area contributed by atoms with Gasteiger partial charge < -0.3 is 5.73 Å². The Bertz CT molecular complexity index is 208. The van der Waals surface area contributed by atoms with Gasteiger partial charge in [-0.25, -0.2) is 0 Å². The third kappa shape index (κ3) is 2.74. The molecule has 0 aromatic heterocycles. The van der Waals surface area contributed by atoms with Gasteiger partial charge in [0.25, 0.3) is 0 Å². The molecular weight excluding hydrogens is 216 g/mol. The molecule has 2 aliphatic heterocycles. The van der Waals surface area contributed by atoms with Gasteiger partial charge >= 0.3 is 0 Å². The number of rotatable bonds is 4. The first-order valence-electron chi connectivity index (χ1n) is 6.74. The maximum absolute atomic E-state index is 6.16. The average molecular weight is 242 g/mol. The van der Waals surface area contributed by atoms with E-state index in [4.69, 9.17) is 5.73 Å². The Morgan fingerprint density at radius 3 is 2.50 bits per heavy atom. The van der Waals surface area contributed by atoms with Gasteiger partial charge in [0.2, 0.25) is 0 Å². The van der Waals surface area contributed by atoms with Gasteiger partial charge in [-0.3, -0.25) is 4.90 Å². The van der Waals surface area contributed by atoms with Crippen LogP contribution in [0.2, 0.25) is 0 Å². The summed E-state index contributed by atoms with van der Waals surface area (Å²) in [6.07, 6.45) is 10.2. The Morgan fingerprint density at radius 1 is 1.31 bits per heavy atom. The van der Waals surface area contributed by atoms with E-state index in [9.17, 15) is 0 Å². The Hall–Kier alpha value is 0.270. The molecule has 2 saturated heterocycles. The normalized spacial score (nSPS) is 37.3. The van der Waals surface area contributed by atoms with Crippen LogP contribution < -0.4 is 5.73 Å². The summed E-state index contributed by atoms with van der Waals surface area (Å²) in [6, 6.07) is 2.81. The maximum Gasteiger partial charge on any atom is 0.0116 e. The average Bonchev–Trinajstić information content (AvgIpc) is 2.24. The van der Waals surface area contributed by atoms with Gasteiger partial charge in [0.05, 0.1) is 0 Å². The topological polar surface area (TPSA) is 29.3 Å². The van der Waals surface area contributed by atoms with E-state index in [-0.39, 0.29) is 0 Å². The van der Waals surface area contributed by atoms with Crippen molar-refractivity contribution in [3.63, 3.8) is 0 Å². The van der Waals surface area contributed by atoms with E-state index in [0.29, 0.717) is 6.04 Å². The van der Waals surface area contributed by atoms with Crippen molar-refractivity contribution in [2.24, 2.45) is 5.73 Å². The first-order chi connectivity index (χ1) is 7.72. The highest BCUT2D eigenvalue weighted by molar-refractivity contribution is 7.98. The van der Waals surface area contributed by atoms with Crippen molar-refractivity contribution in [1.29, 1.82) is 0 Å². The second kappa shape index (κ2) is 5.74. The van der Waals surface area contributed by atoms with Gasteiger partial charge in [-0.1, -0.05) is 6.42 Å². The summed E-state index contributed by atoms with van der Waals surface area (Å²) >= 11 is 1.97. The second-order valence-electron chi connectivity index (χ2n) is 5.55. The van der Waals surface area contributed by atoms with E-state index >= 15 is 0 Å². The molecule has 2 bridgehead atoms. The lowest BCUT2D eigenvalue weighted by atomic mass is 9.81. The quantitative estimate of drug-likeness (QED) is 0.821. The zero-order chi connectivity index (χ0) is 11.5. The Kier molecular flexibility index (Phi) is 4.57. The lowest BCUT2D eigenvalue weighted by molar-refractivity contribution is -0.000287. The molecule has 0 radical (unpaired) electrons. The van der Waals surface area contributed by atoms with Crippen molar-refractivity contribution < 1.29 is 0 Å². The lowest BCUT2D eigenvalue weighted by Crippen LogP contribution is -2.58. The van der Waals surface area contributed by atoms with Gasteiger partial charge in [-0.05, 0) is 51.0 Å². The van der Waals surface area contributed by atoms with Crippen LogP contribution >= 0.6 is 11.8 Å². The standard InChI is InChI=1S/C13H26N2S/c1-10(6-7-16-2)15-12-4-3-5-13(15)9-11(14)8-12/h10-13H,3-9,14H2,1-2H3. The Labute approximate surface area is 104 Å². The monoisotopic (exact) mass is 242 g/mol. The zero-order valence-electron chi connectivity index (χ0n) is 10.7. The number of nitrogens with two attached hydrogens (primary N) is 1. The molecule has 3 atom stereocenters. The number of fused-ring (bicyclic) bond motifs is 2. The second-order valence-corrected chi connectivity index (χ2v) is 6.53. The largest absolute Gasteiger partial charge is 0.328 e. The van der Waals surface area contributed by atoms with Crippen molar-refractivity contribution in [3.05, 3.63) is 0 Å². The molecule has 3 heteroatoms. The first kappa shape index (κ1) is 12.7. The molecule has 0 spiro atoms. The minimum absolute atomic E-state index is 0.472. The van der Waals surface area contributed by atoms with Crippen LogP contribution in [0.3, 0.4) is 0 Å². The van der Waals surface area contributed by atoms with Crippen LogP contribution in [0.4, 0.5) is 0 Å². The predicted molar refractivity (Wildman–Crippen MR) is 72.9 cm³/mol. The Morgan fingerprint density at radius 2 is 1.94 bits per heavy atom. The summed E-state index contributed by atoms with van der Waals surface area (Å²) in [6.45, 7) is 2.42. The zero-order valence-corrected chi connectivity index (χ0v) is 11.5. The summed E-state index contributed by atoms with van der Waals surface area (Å²) in [7, 11) is 0. The van der Waals surface area contributed by atoms with Crippen LogP contribution in [-0.2, 0) is 0 Å². The summed E-state index contributed by atoms with van der Waals surface area (Å²) < 4.78 is 0. The fraction of sp³-hybridized carbons (Fsp3) is 1.00. The minimum Gasteiger partial charge on any atom is -0.328 e. The van der Waals surface area contributed by atoms with Crippen molar-refractivity contribution in [1.82, 2.24) is 4.90 Å². The van der Waals surface area contributed by atoms with E-state index < -0.39 is 0 Å². The van der Waals surface area contributed by atoms with Crippen molar-refractivity contribution >= 4 is 11.8 Å². The smallest absolute Gasteiger partial charge is 0.0116 e. The molecule has 3 unspecified atom stereocenters. The van der Waals surface area contributed by atoms with Crippen LogP contribution in [0.25, 0.3) is 0 Å². The van der Waals surface area contributed by atoms with E-state index in [0.717, 1.165) is 18.1 Å². The summed E-state index contributed by atoms with van der Waals surface area (Å²) in [4.78, 5) is 2.81. The van der Waals surface area contributed by atoms with Gasteiger partial charge in [-0.15, -0.1) is 0 Å². The van der Waals surface area contributed by atoms with Crippen molar-refractivity contribution in [2.45, 2.75) is 69.6 Å². The molecule has 0 amide bonds. The molecule has 2 fully saturated rings. The molecule has 2 nitrogen and oxygen atoms in total. The predicted octanol–water partition coefficient (Wildman–Crippen LogP) is 2.47. The van der Waals surface area contributed by atoms with Crippen LogP contribution in [0.1, 0.15) is 45.4 Å². The van der Waals surface area contributed by atoms with E-state index in [1.807, 2.05) is 11.8 Å². The molecule has 16 heavy (non-hydrogen) atoms. The third-order valence-electron chi connectivity index (χ3n) is 4.32. The summed E-state index contributed by atoms with van der Waals surface area (Å²) in [5, 5.41) is 0. The molecule has 2 aliphatic rings. The molecule has 0 aromatic carbocycles. The van der Waals surface area contributed by atoms with Gasteiger partial charge in [-0.2, -0.15) is 11.8 Å². The molecule has 2 rings (SSSR count). The van der Waals surface area contributed by atoms with E-state index in [2.05, 4.69) is 18.1 Å². The van der Waals surface area contributed by atoms with Crippen LogP contribution in [0.5, 0.6) is 0 Å². The summed E-state index contributed by atoms with van der Waals surface area (Å²) in [5.41, 5.74) is 6.16. The number of nitrogens with zero attached hydrogens (tertiary/aromatic N) is 1. The first-order valence-corrected chi connectivity index (χ1v) is 8.13. The van der Waals surface area contributed by atoms with Crippen molar-refractivity contribution in [2.75, 3.05) is 12.0 Å². The highest BCUT2D eigenvalue weighted by Crippen LogP contribution is 2.35. The van der Waals surface area contributed by atoms with Crippen molar-refractivity contribution in [3.8, 4) is 0 Å². The van der Waals surface area contributed by atoms with Crippen LogP contribution in [0.15, 0.2) is 0 Å². The highest BCUT2D eigenvalue weighted by atomic mass is 32.2. The van der Waals surface area contributed by atoms with Gasteiger partial charge in [0.15, 0.2) is 0 Å². The van der Waals surface area contributed by atoms with Crippen LogP contribution in [0, 0.1) is 0 Å². The van der Waals surface area contributed by atoms with E-state index in [1.54, 1.807) is 0 Å². The molecule has 0 saturated carbocycles. The number of hydrogen-bond donors (Lipinski definition) is 1. The highest BCUT2D eigenvalue weighted by Gasteiger charge is 2.38. The van der Waals surface area contributed by atoms with E-state index in [1.165, 1.54) is 44.3 Å². The molecule has 94 valence electrons. The fourth-order valence-corrected chi connectivity index (χ4v) is 4.19. The third-order valence-corrected chi connectivity index (χ3v) is 4.96. The molecule has 0 aliphatic carbocycles.